The van der Waals surface area contributed by atoms with Gasteiger partial charge in [0.2, 0.25) is 10.0 Å². The van der Waals surface area contributed by atoms with Crippen LogP contribution >= 0.6 is 0 Å². The number of esters is 1. The maximum absolute atomic E-state index is 12.2. The number of carbonyl (C=O) groups is 2. The van der Waals surface area contributed by atoms with Gasteiger partial charge in [-0.15, -0.1) is 0 Å². The van der Waals surface area contributed by atoms with Gasteiger partial charge in [0.05, 0.1) is 12.7 Å². The van der Waals surface area contributed by atoms with Crippen LogP contribution in [0.4, 0.5) is 0 Å². The van der Waals surface area contributed by atoms with Crippen LogP contribution in [0.5, 0.6) is 5.75 Å². The second-order valence-corrected chi connectivity index (χ2v) is 7.26. The number of nitrogens with one attached hydrogen (secondary N) is 2. The summed E-state index contributed by atoms with van der Waals surface area (Å²) in [6.07, 6.45) is 0.885. The minimum absolute atomic E-state index is 0.00990. The minimum Gasteiger partial charge on any atom is -0.495 e. The van der Waals surface area contributed by atoms with Crippen LogP contribution in [0.3, 0.4) is 0 Å². The smallest absolute Gasteiger partial charge is 0.338 e. The molecule has 132 valence electrons. The van der Waals surface area contributed by atoms with E-state index in [1.807, 2.05) is 0 Å². The van der Waals surface area contributed by atoms with Crippen molar-refractivity contribution in [1.29, 1.82) is 0 Å². The molecule has 0 bridgehead atoms. The van der Waals surface area contributed by atoms with Gasteiger partial charge >= 0.3 is 5.97 Å². The van der Waals surface area contributed by atoms with Gasteiger partial charge in [-0.25, -0.2) is 17.9 Å². The molecular formula is C15H20N2O6S. The lowest BCUT2D eigenvalue weighted by Crippen LogP contribution is -2.37. The predicted molar refractivity (Wildman–Crippen MR) is 85.3 cm³/mol. The lowest BCUT2D eigenvalue weighted by molar-refractivity contribution is -0.129. The molecule has 1 aliphatic rings. The second kappa shape index (κ2) is 7.18. The monoisotopic (exact) mass is 356 g/mol. The molecule has 0 radical (unpaired) electrons. The Morgan fingerprint density at radius 1 is 1.29 bits per heavy atom. The Morgan fingerprint density at radius 3 is 2.50 bits per heavy atom. The van der Waals surface area contributed by atoms with Crippen molar-refractivity contribution in [3.63, 3.8) is 0 Å². The lowest BCUT2D eigenvalue weighted by atomic mass is 10.2. The Labute approximate surface area is 140 Å². The topological polar surface area (TPSA) is 111 Å². The van der Waals surface area contributed by atoms with Gasteiger partial charge in [0.1, 0.15) is 10.6 Å². The molecule has 1 aromatic rings. The number of sulfonamides is 1. The molecule has 0 aromatic heterocycles. The Morgan fingerprint density at radius 2 is 1.96 bits per heavy atom. The Hall–Kier alpha value is -2.13. The van der Waals surface area contributed by atoms with Crippen LogP contribution in [-0.4, -0.2) is 46.6 Å². The first-order valence-electron chi connectivity index (χ1n) is 7.41. The quantitative estimate of drug-likeness (QED) is 0.685. The molecule has 0 saturated heterocycles. The molecule has 2 N–H and O–H groups in total. The molecule has 0 unspecified atom stereocenters. The normalized spacial score (nSPS) is 15.5. The number of hydrogen-bond acceptors (Lipinski definition) is 6. The summed E-state index contributed by atoms with van der Waals surface area (Å²) in [6, 6.07) is 4.04. The van der Waals surface area contributed by atoms with Crippen molar-refractivity contribution < 1.29 is 27.5 Å². The third-order valence-corrected chi connectivity index (χ3v) is 4.97. The molecule has 1 saturated carbocycles. The van der Waals surface area contributed by atoms with Crippen molar-refractivity contribution in [2.45, 2.75) is 36.8 Å². The van der Waals surface area contributed by atoms with E-state index in [-0.39, 0.29) is 28.2 Å². The van der Waals surface area contributed by atoms with E-state index in [1.165, 1.54) is 33.2 Å². The number of ether oxygens (including phenoxy) is 2. The van der Waals surface area contributed by atoms with Crippen LogP contribution in [0.15, 0.2) is 23.1 Å². The van der Waals surface area contributed by atoms with Crippen LogP contribution in [0, 0.1) is 0 Å². The number of carbonyl (C=O) groups excluding carboxylic acids is 2. The summed E-state index contributed by atoms with van der Waals surface area (Å²) in [5.74, 6) is -1.06. The average molecular weight is 356 g/mol. The fourth-order valence-corrected chi connectivity index (χ4v) is 2.87. The number of methoxy groups -OCH3 is 1. The molecule has 1 atom stereocenters. The third kappa shape index (κ3) is 4.24. The van der Waals surface area contributed by atoms with Crippen molar-refractivity contribution in [3.05, 3.63) is 23.8 Å². The molecule has 1 amide bonds. The first-order chi connectivity index (χ1) is 11.3. The van der Waals surface area contributed by atoms with E-state index >= 15 is 0 Å². The van der Waals surface area contributed by atoms with E-state index in [0.29, 0.717) is 0 Å². The fraction of sp³-hybridized carbons (Fsp3) is 0.467. The van der Waals surface area contributed by atoms with Crippen molar-refractivity contribution >= 4 is 21.9 Å². The maximum Gasteiger partial charge on any atom is 0.338 e. The number of rotatable bonds is 7. The second-order valence-electron chi connectivity index (χ2n) is 5.40. The van der Waals surface area contributed by atoms with Crippen molar-refractivity contribution in [2.24, 2.45) is 0 Å². The van der Waals surface area contributed by atoms with Crippen molar-refractivity contribution in [2.75, 3.05) is 14.2 Å². The van der Waals surface area contributed by atoms with Crippen LogP contribution in [-0.2, 0) is 19.6 Å². The van der Waals surface area contributed by atoms with E-state index in [2.05, 4.69) is 10.0 Å². The number of hydrogen-bond donors (Lipinski definition) is 2. The zero-order chi connectivity index (χ0) is 17.9. The van der Waals surface area contributed by atoms with Crippen molar-refractivity contribution in [3.8, 4) is 5.75 Å². The number of benzene rings is 1. The van der Waals surface area contributed by atoms with Gasteiger partial charge < -0.3 is 14.8 Å². The minimum atomic E-state index is -3.81. The first kappa shape index (κ1) is 18.2. The molecular weight excluding hydrogens is 336 g/mol. The van der Waals surface area contributed by atoms with Gasteiger partial charge in [-0.1, -0.05) is 0 Å². The van der Waals surface area contributed by atoms with Gasteiger partial charge in [0, 0.05) is 6.04 Å². The molecule has 9 heteroatoms. The zero-order valence-electron chi connectivity index (χ0n) is 13.7. The van der Waals surface area contributed by atoms with E-state index in [9.17, 15) is 18.0 Å². The first-order valence-corrected chi connectivity index (χ1v) is 8.89. The standard InChI is InChI=1S/C15H20N2O6S/c1-9(14(18)17-11-5-6-11)23-15(19)10-4-7-12(22-3)13(8-10)24(20,21)16-2/h4,7-9,11,16H,5-6H2,1-3H3,(H,17,18)/t9-/m0/s1. The van der Waals surface area contributed by atoms with E-state index in [0.717, 1.165) is 18.9 Å². The molecule has 0 spiro atoms. The molecule has 8 nitrogen and oxygen atoms in total. The summed E-state index contributed by atoms with van der Waals surface area (Å²) in [6.45, 7) is 1.46. The zero-order valence-corrected chi connectivity index (χ0v) is 14.5. The Balaban J connectivity index is 2.17. The highest BCUT2D eigenvalue weighted by atomic mass is 32.2. The van der Waals surface area contributed by atoms with E-state index < -0.39 is 22.1 Å². The Kier molecular flexibility index (Phi) is 5.45. The van der Waals surface area contributed by atoms with E-state index in [4.69, 9.17) is 9.47 Å². The molecule has 1 aliphatic carbocycles. The van der Waals surface area contributed by atoms with E-state index in [1.54, 1.807) is 0 Å². The summed E-state index contributed by atoms with van der Waals surface area (Å²) in [7, 11) is -1.23. The highest BCUT2D eigenvalue weighted by Gasteiger charge is 2.28. The van der Waals surface area contributed by atoms with Crippen LogP contribution in [0.1, 0.15) is 30.1 Å². The fourth-order valence-electron chi connectivity index (χ4n) is 1.95. The van der Waals surface area contributed by atoms with Gasteiger partial charge in [-0.05, 0) is 45.0 Å². The van der Waals surface area contributed by atoms with Crippen LogP contribution < -0.4 is 14.8 Å². The van der Waals surface area contributed by atoms with Gasteiger partial charge in [0.25, 0.3) is 5.91 Å². The van der Waals surface area contributed by atoms with Gasteiger partial charge in [-0.3, -0.25) is 4.79 Å². The summed E-state index contributed by atoms with van der Waals surface area (Å²) in [5.41, 5.74) is 0.00990. The SMILES string of the molecule is CNS(=O)(=O)c1cc(C(=O)O[C@@H](C)C(=O)NC2CC2)ccc1OC. The molecule has 2 rings (SSSR count). The largest absolute Gasteiger partial charge is 0.495 e. The van der Waals surface area contributed by atoms with Gasteiger partial charge in [0.15, 0.2) is 6.10 Å². The highest BCUT2D eigenvalue weighted by molar-refractivity contribution is 7.89. The highest BCUT2D eigenvalue weighted by Crippen LogP contribution is 2.25. The average Bonchev–Trinajstić information content (AvgIpc) is 3.37. The molecule has 24 heavy (non-hydrogen) atoms. The summed E-state index contributed by atoms with van der Waals surface area (Å²) in [4.78, 5) is 23.8. The molecule has 0 heterocycles. The molecule has 1 fully saturated rings. The summed E-state index contributed by atoms with van der Waals surface area (Å²) < 4.78 is 36.3. The Bertz CT molecular complexity index is 742. The third-order valence-electron chi connectivity index (χ3n) is 3.53. The van der Waals surface area contributed by atoms with Crippen LogP contribution in [0.25, 0.3) is 0 Å². The summed E-state index contributed by atoms with van der Waals surface area (Å²) in [5, 5.41) is 2.73. The number of amides is 1. The lowest BCUT2D eigenvalue weighted by Gasteiger charge is -2.14. The van der Waals surface area contributed by atoms with Crippen molar-refractivity contribution in [1.82, 2.24) is 10.0 Å². The van der Waals surface area contributed by atoms with Crippen LogP contribution in [0.2, 0.25) is 0 Å². The predicted octanol–water partition coefficient (Wildman–Crippen LogP) is 0.427. The molecule has 0 aliphatic heterocycles. The summed E-state index contributed by atoms with van der Waals surface area (Å²) >= 11 is 0. The van der Waals surface area contributed by atoms with Gasteiger partial charge in [-0.2, -0.15) is 0 Å². The maximum atomic E-state index is 12.2. The molecule has 1 aromatic carbocycles.